The van der Waals surface area contributed by atoms with Gasteiger partial charge in [0, 0.05) is 0 Å². The molecule has 0 rings (SSSR count). The Morgan fingerprint density at radius 3 is 1.55 bits per heavy atom. The van der Waals surface area contributed by atoms with Gasteiger partial charge < -0.3 is 4.74 Å². The van der Waals surface area contributed by atoms with E-state index in [-0.39, 0.29) is 0 Å². The fraction of sp³-hybridized carbons (Fsp3) is 0. The summed E-state index contributed by atoms with van der Waals surface area (Å²) in [4.78, 5) is 0. The normalized spacial score (nSPS) is 6.91. The van der Waals surface area contributed by atoms with Crippen molar-refractivity contribution in [3.05, 3.63) is 12.5 Å². The summed E-state index contributed by atoms with van der Waals surface area (Å²) < 4.78 is 43.1. The van der Waals surface area contributed by atoms with Gasteiger partial charge in [-0.05, 0) is 0 Å². The van der Waals surface area contributed by atoms with Crippen LogP contribution in [0.4, 0.5) is 0 Å². The third-order valence-electron chi connectivity index (χ3n) is 0.425. The van der Waals surface area contributed by atoms with Crippen LogP contribution in [0.3, 0.4) is 0 Å². The molecule has 0 radical (unpaired) electrons. The maximum atomic E-state index is 9.72. The minimum absolute atomic E-state index is 0.684. The minimum Gasteiger partial charge on any atom is -0.454 e. The van der Waals surface area contributed by atoms with Gasteiger partial charge in [-0.2, -0.15) is 16.8 Å². The topological polar surface area (TPSA) is 77.5 Å². The molecule has 5 nitrogen and oxygen atoms in total. The monoisotopic (exact) mass is 194 g/mol. The molecule has 0 heterocycles. The lowest BCUT2D eigenvalue weighted by Crippen LogP contribution is -1.67. The Morgan fingerprint density at radius 2 is 1.27 bits per heavy atom. The maximum Gasteiger partial charge on any atom is 0.263 e. The number of rotatable bonds is 2. The van der Waals surface area contributed by atoms with Crippen LogP contribution in [0.2, 0.25) is 0 Å². The molecule has 0 bridgehead atoms. The molecule has 0 saturated heterocycles. The molecule has 0 aromatic carbocycles. The van der Waals surface area contributed by atoms with E-state index in [1.807, 2.05) is 0 Å². The Balaban J connectivity index is 4.40. The molecule has 0 saturated carbocycles. The van der Waals surface area contributed by atoms with Crippen LogP contribution in [0, 0.1) is 0 Å². The average Bonchev–Trinajstić information content (AvgIpc) is 1.85. The van der Waals surface area contributed by atoms with Gasteiger partial charge in [0.05, 0.1) is 10.0 Å². The predicted octanol–water partition coefficient (Wildman–Crippen LogP) is -1.41. The molecule has 7 heteroatoms. The van der Waals surface area contributed by atoms with Crippen molar-refractivity contribution in [1.82, 2.24) is 0 Å². The standard InChI is InChI=1S/C4H2O5S2/c5-10(6)3-1-9-2-4-11(7)8/h1-2H. The minimum atomic E-state index is -2.46. The number of hydrogen-bond donors (Lipinski definition) is 0. The third kappa shape index (κ3) is 8.74. The van der Waals surface area contributed by atoms with Crippen molar-refractivity contribution in [2.24, 2.45) is 0 Å². The lowest BCUT2D eigenvalue weighted by atomic mass is 11.1. The van der Waals surface area contributed by atoms with Gasteiger partial charge in [0.15, 0.2) is 0 Å². The lowest BCUT2D eigenvalue weighted by molar-refractivity contribution is 0.416. The quantitative estimate of drug-likeness (QED) is 0.398. The van der Waals surface area contributed by atoms with Crippen molar-refractivity contribution in [3.8, 4) is 0 Å². The molecule has 0 aromatic heterocycles. The smallest absolute Gasteiger partial charge is 0.263 e. The summed E-state index contributed by atoms with van der Waals surface area (Å²) in [6.45, 7) is 0. The molecule has 60 valence electrons. The van der Waals surface area contributed by atoms with Gasteiger partial charge in [0.25, 0.3) is 20.6 Å². The van der Waals surface area contributed by atoms with Crippen molar-refractivity contribution in [2.75, 3.05) is 0 Å². The van der Waals surface area contributed by atoms with E-state index in [0.717, 1.165) is 0 Å². The molecule has 0 aliphatic heterocycles. The molecule has 0 amide bonds. The van der Waals surface area contributed by atoms with Crippen LogP contribution < -0.4 is 0 Å². The van der Waals surface area contributed by atoms with Gasteiger partial charge in [-0.1, -0.05) is 0 Å². The van der Waals surface area contributed by atoms with Gasteiger partial charge in [-0.3, -0.25) is 0 Å². The molecule has 0 aliphatic rings. The zero-order valence-corrected chi connectivity index (χ0v) is 6.65. The summed E-state index contributed by atoms with van der Waals surface area (Å²) in [5.74, 6) is 0. The van der Waals surface area contributed by atoms with Crippen molar-refractivity contribution in [1.29, 1.82) is 0 Å². The lowest BCUT2D eigenvalue weighted by Gasteiger charge is -1.75. The van der Waals surface area contributed by atoms with Crippen LogP contribution in [0.1, 0.15) is 0 Å². The van der Waals surface area contributed by atoms with Crippen molar-refractivity contribution in [3.63, 3.8) is 0 Å². The Bertz CT molecular complexity index is 379. The van der Waals surface area contributed by atoms with E-state index < -0.39 is 20.6 Å². The Morgan fingerprint density at radius 1 is 0.909 bits per heavy atom. The highest BCUT2D eigenvalue weighted by Gasteiger charge is 1.63. The van der Waals surface area contributed by atoms with E-state index in [4.69, 9.17) is 0 Å². The molecular formula is C4H2O5S2. The molecule has 0 fully saturated rings. The van der Waals surface area contributed by atoms with Crippen molar-refractivity contribution < 1.29 is 21.6 Å². The molecule has 0 aliphatic carbocycles. The summed E-state index contributed by atoms with van der Waals surface area (Å²) in [5.41, 5.74) is 0. The second-order valence-electron chi connectivity index (χ2n) is 1.08. The summed E-state index contributed by atoms with van der Waals surface area (Å²) in [6, 6.07) is 0. The molecular weight excluding hydrogens is 192 g/mol. The number of hydrogen-bond acceptors (Lipinski definition) is 5. The maximum absolute atomic E-state index is 9.72. The molecule has 0 N–H and O–H groups in total. The van der Waals surface area contributed by atoms with Gasteiger partial charge in [-0.15, -0.1) is 0 Å². The summed E-state index contributed by atoms with van der Waals surface area (Å²) >= 11 is 0. The zero-order chi connectivity index (χ0) is 8.69. The third-order valence-corrected chi connectivity index (χ3v) is 1.00. The van der Waals surface area contributed by atoms with Crippen LogP contribution in [0.5, 0.6) is 0 Å². The van der Waals surface area contributed by atoms with Crippen LogP contribution in [0.15, 0.2) is 12.5 Å². The van der Waals surface area contributed by atoms with Crippen LogP contribution >= 0.6 is 0 Å². The molecule has 11 heavy (non-hydrogen) atoms. The van der Waals surface area contributed by atoms with Crippen molar-refractivity contribution >= 4 is 30.6 Å². The van der Waals surface area contributed by atoms with Crippen molar-refractivity contribution in [2.45, 2.75) is 0 Å². The summed E-state index contributed by atoms with van der Waals surface area (Å²) in [5, 5.41) is 3.43. The van der Waals surface area contributed by atoms with E-state index in [2.05, 4.69) is 4.74 Å². The predicted molar refractivity (Wildman–Crippen MR) is 38.1 cm³/mol. The summed E-state index contributed by atoms with van der Waals surface area (Å²) in [6.07, 6.45) is 1.37. The van der Waals surface area contributed by atoms with E-state index in [1.54, 1.807) is 10.0 Å². The first-order valence-corrected chi connectivity index (χ1v) is 4.27. The van der Waals surface area contributed by atoms with Gasteiger partial charge in [0.1, 0.15) is 12.5 Å². The second kappa shape index (κ2) is 5.52. The Labute approximate surface area is 65.3 Å². The second-order valence-corrected chi connectivity index (χ2v) is 2.49. The van der Waals surface area contributed by atoms with E-state index in [9.17, 15) is 16.8 Å². The molecule has 0 spiro atoms. The summed E-state index contributed by atoms with van der Waals surface area (Å²) in [7, 11) is -4.92. The first-order chi connectivity index (χ1) is 5.13. The van der Waals surface area contributed by atoms with Gasteiger partial charge in [-0.25, -0.2) is 0 Å². The van der Waals surface area contributed by atoms with E-state index in [0.29, 0.717) is 12.5 Å². The van der Waals surface area contributed by atoms with E-state index >= 15 is 0 Å². The highest BCUT2D eigenvalue weighted by Crippen LogP contribution is 1.66. The van der Waals surface area contributed by atoms with E-state index in [1.165, 1.54) is 0 Å². The van der Waals surface area contributed by atoms with Crippen LogP contribution in [0.25, 0.3) is 0 Å². The van der Waals surface area contributed by atoms with Crippen LogP contribution in [-0.4, -0.2) is 26.9 Å². The first-order valence-electron chi connectivity index (χ1n) is 2.12. The van der Waals surface area contributed by atoms with Gasteiger partial charge >= 0.3 is 0 Å². The average molecular weight is 194 g/mol. The number of ether oxygens (including phenoxy) is 1. The molecule has 0 atom stereocenters. The molecule has 0 aromatic rings. The first kappa shape index (κ1) is 9.74. The Hall–Kier alpha value is -1.26. The van der Waals surface area contributed by atoms with Crippen LogP contribution in [-0.2, 0) is 25.3 Å². The highest BCUT2D eigenvalue weighted by atomic mass is 32.2. The Kier molecular flexibility index (Phi) is 4.89. The zero-order valence-electron chi connectivity index (χ0n) is 5.01. The fourth-order valence-electron chi connectivity index (χ4n) is 0.168. The SMILES string of the molecule is O=S(=O)=C=COC=C=S(=O)=O. The fourth-order valence-corrected chi connectivity index (χ4v) is 0.436. The van der Waals surface area contributed by atoms with Gasteiger partial charge in [0.2, 0.25) is 0 Å². The largest absolute Gasteiger partial charge is 0.454 e. The molecule has 0 unspecified atom stereocenters. The highest BCUT2D eigenvalue weighted by molar-refractivity contribution is 7.71.